The highest BCUT2D eigenvalue weighted by Gasteiger charge is 2.47. The fourth-order valence-electron chi connectivity index (χ4n) is 3.94. The van der Waals surface area contributed by atoms with E-state index in [2.05, 4.69) is 4.90 Å². The minimum atomic E-state index is -0.927. The fraction of sp³-hybridized carbons (Fsp3) is 0.364. The molecule has 1 atom stereocenters. The van der Waals surface area contributed by atoms with E-state index in [1.54, 1.807) is 12.1 Å². The lowest BCUT2D eigenvalue weighted by Gasteiger charge is -2.30. The summed E-state index contributed by atoms with van der Waals surface area (Å²) in [4.78, 5) is 29.4. The third-order valence-corrected chi connectivity index (χ3v) is 5.53. The Morgan fingerprint density at radius 3 is 2.68 bits per heavy atom. The third kappa shape index (κ3) is 4.06. The number of Topliss-reactive ketones (excluding diaryl/α,β-unsaturated/α-hetero) is 1. The van der Waals surface area contributed by atoms with Crippen molar-refractivity contribution < 1.29 is 33.0 Å². The summed E-state index contributed by atoms with van der Waals surface area (Å²) in [5, 5.41) is 11.0. The lowest BCUT2D eigenvalue weighted by molar-refractivity contribution is -0.140. The summed E-state index contributed by atoms with van der Waals surface area (Å²) in [6, 6.07) is 5.94. The number of methoxy groups -OCH3 is 1. The second-order valence-electron chi connectivity index (χ2n) is 7.31. The Hall–Kier alpha value is -3.17. The topological polar surface area (TPSA) is 92.5 Å². The maximum atomic E-state index is 13.9. The summed E-state index contributed by atoms with van der Waals surface area (Å²) < 4.78 is 29.9. The van der Waals surface area contributed by atoms with Gasteiger partial charge in [0.1, 0.15) is 29.1 Å². The van der Waals surface area contributed by atoms with Crippen LogP contribution in [0.3, 0.4) is 0 Å². The molecule has 0 spiro atoms. The SMILES string of the molecule is COc1ccc(F)cc1C(O)=C1C(=O)C(=O)N(CCN2CCOCC2)C1c1ccco1. The zero-order chi connectivity index (χ0) is 22.0. The number of carbonyl (C=O) groups is 2. The molecule has 1 amide bonds. The standard InChI is InChI=1S/C22H23FN2O6/c1-29-16-5-4-14(23)13-15(16)20(26)18-19(17-3-2-10-31-17)25(22(28)21(18)27)7-6-24-8-11-30-12-9-24/h2-5,10,13,19,26H,6-9,11-12H2,1H3. The summed E-state index contributed by atoms with van der Waals surface area (Å²) in [5.74, 6) is -2.21. The van der Waals surface area contributed by atoms with Crippen molar-refractivity contribution in [2.45, 2.75) is 6.04 Å². The number of aliphatic hydroxyl groups is 1. The summed E-state index contributed by atoms with van der Waals surface area (Å²) >= 11 is 0. The van der Waals surface area contributed by atoms with Gasteiger partial charge in [-0.05, 0) is 30.3 Å². The Morgan fingerprint density at radius 2 is 2.00 bits per heavy atom. The van der Waals surface area contributed by atoms with Crippen molar-refractivity contribution in [2.24, 2.45) is 0 Å². The van der Waals surface area contributed by atoms with E-state index in [4.69, 9.17) is 13.9 Å². The van der Waals surface area contributed by atoms with Crippen LogP contribution in [0, 0.1) is 5.82 Å². The van der Waals surface area contributed by atoms with Crippen molar-refractivity contribution in [2.75, 3.05) is 46.5 Å². The van der Waals surface area contributed by atoms with Gasteiger partial charge in [0, 0.05) is 26.2 Å². The maximum absolute atomic E-state index is 13.9. The maximum Gasteiger partial charge on any atom is 0.295 e. The van der Waals surface area contributed by atoms with Gasteiger partial charge in [-0.25, -0.2) is 4.39 Å². The van der Waals surface area contributed by atoms with Crippen LogP contribution in [-0.2, 0) is 14.3 Å². The molecular weight excluding hydrogens is 407 g/mol. The highest BCUT2D eigenvalue weighted by Crippen LogP contribution is 2.41. The predicted molar refractivity (Wildman–Crippen MR) is 108 cm³/mol. The molecule has 9 heteroatoms. The predicted octanol–water partition coefficient (Wildman–Crippen LogP) is 2.18. The van der Waals surface area contributed by atoms with Crippen LogP contribution in [0.15, 0.2) is 46.6 Å². The second-order valence-corrected chi connectivity index (χ2v) is 7.31. The highest BCUT2D eigenvalue weighted by molar-refractivity contribution is 6.46. The third-order valence-electron chi connectivity index (χ3n) is 5.53. The largest absolute Gasteiger partial charge is 0.507 e. The molecule has 31 heavy (non-hydrogen) atoms. The van der Waals surface area contributed by atoms with Gasteiger partial charge >= 0.3 is 0 Å². The number of morpholine rings is 1. The number of amides is 1. The smallest absolute Gasteiger partial charge is 0.295 e. The molecule has 0 aliphatic carbocycles. The number of nitrogens with zero attached hydrogens (tertiary/aromatic N) is 2. The molecule has 2 fully saturated rings. The van der Waals surface area contributed by atoms with Gasteiger partial charge < -0.3 is 23.9 Å². The summed E-state index contributed by atoms with van der Waals surface area (Å²) in [6.45, 7) is 3.48. The van der Waals surface area contributed by atoms with E-state index in [-0.39, 0.29) is 23.4 Å². The number of benzene rings is 1. The number of rotatable bonds is 6. The van der Waals surface area contributed by atoms with Crippen LogP contribution < -0.4 is 4.74 Å². The number of furan rings is 1. The minimum Gasteiger partial charge on any atom is -0.507 e. The van der Waals surface area contributed by atoms with Crippen LogP contribution in [-0.4, -0.2) is 73.1 Å². The first kappa shape index (κ1) is 21.1. The molecule has 2 saturated heterocycles. The van der Waals surface area contributed by atoms with E-state index in [9.17, 15) is 19.1 Å². The molecule has 0 radical (unpaired) electrons. The average Bonchev–Trinajstić information content (AvgIpc) is 3.40. The van der Waals surface area contributed by atoms with E-state index < -0.39 is 29.3 Å². The van der Waals surface area contributed by atoms with Crippen molar-refractivity contribution in [1.82, 2.24) is 9.80 Å². The van der Waals surface area contributed by atoms with Crippen molar-refractivity contribution >= 4 is 17.4 Å². The number of carbonyl (C=O) groups excluding carboxylic acids is 2. The van der Waals surface area contributed by atoms with E-state index in [0.717, 1.165) is 19.2 Å². The van der Waals surface area contributed by atoms with Gasteiger partial charge in [-0.1, -0.05) is 0 Å². The van der Waals surface area contributed by atoms with Crippen molar-refractivity contribution in [1.29, 1.82) is 0 Å². The van der Waals surface area contributed by atoms with Crippen molar-refractivity contribution in [3.8, 4) is 5.75 Å². The molecule has 2 aliphatic heterocycles. The number of likely N-dealkylation sites (tertiary alicyclic amines) is 1. The summed E-state index contributed by atoms with van der Waals surface area (Å²) in [6.07, 6.45) is 1.43. The van der Waals surface area contributed by atoms with Crippen LogP contribution in [0.25, 0.3) is 5.76 Å². The van der Waals surface area contributed by atoms with Crippen LogP contribution in [0.1, 0.15) is 17.4 Å². The van der Waals surface area contributed by atoms with Gasteiger partial charge in [-0.3, -0.25) is 14.5 Å². The van der Waals surface area contributed by atoms with E-state index in [1.165, 1.54) is 30.4 Å². The molecule has 3 heterocycles. The first-order valence-corrected chi connectivity index (χ1v) is 9.97. The molecule has 1 unspecified atom stereocenters. The number of ketones is 1. The number of halogens is 1. The molecule has 4 rings (SSSR count). The normalized spacial score (nSPS) is 21.6. The molecule has 0 bridgehead atoms. The summed E-state index contributed by atoms with van der Waals surface area (Å²) in [7, 11) is 1.37. The summed E-state index contributed by atoms with van der Waals surface area (Å²) in [5.41, 5.74) is -0.170. The van der Waals surface area contributed by atoms with Gasteiger partial charge in [0.05, 0.1) is 37.7 Å². The minimum absolute atomic E-state index is 0.00904. The lowest BCUT2D eigenvalue weighted by atomic mass is 9.98. The molecular formula is C22H23FN2O6. The van der Waals surface area contributed by atoms with Gasteiger partial charge in [-0.15, -0.1) is 0 Å². The van der Waals surface area contributed by atoms with Crippen LogP contribution >= 0.6 is 0 Å². The van der Waals surface area contributed by atoms with E-state index in [0.29, 0.717) is 25.5 Å². The molecule has 1 N–H and O–H groups in total. The zero-order valence-corrected chi connectivity index (χ0v) is 17.0. The molecule has 1 aromatic carbocycles. The van der Waals surface area contributed by atoms with Gasteiger partial charge in [0.25, 0.3) is 11.7 Å². The Morgan fingerprint density at radius 1 is 1.23 bits per heavy atom. The van der Waals surface area contributed by atoms with Gasteiger partial charge in [-0.2, -0.15) is 0 Å². The average molecular weight is 430 g/mol. The van der Waals surface area contributed by atoms with E-state index >= 15 is 0 Å². The number of ether oxygens (including phenoxy) is 2. The van der Waals surface area contributed by atoms with Gasteiger partial charge in [0.2, 0.25) is 0 Å². The molecule has 0 saturated carbocycles. The Labute approximate surface area is 178 Å². The molecule has 2 aliphatic rings. The van der Waals surface area contributed by atoms with Crippen molar-refractivity contribution in [3.05, 3.63) is 59.3 Å². The van der Waals surface area contributed by atoms with Crippen molar-refractivity contribution in [3.63, 3.8) is 0 Å². The van der Waals surface area contributed by atoms with Crippen LogP contribution in [0.2, 0.25) is 0 Å². The molecule has 2 aromatic rings. The number of hydrogen-bond donors (Lipinski definition) is 1. The Kier molecular flexibility index (Phi) is 6.06. The van der Waals surface area contributed by atoms with Gasteiger partial charge in [0.15, 0.2) is 0 Å². The monoisotopic (exact) mass is 430 g/mol. The first-order valence-electron chi connectivity index (χ1n) is 9.97. The van der Waals surface area contributed by atoms with Crippen LogP contribution in [0.5, 0.6) is 5.75 Å². The number of hydrogen-bond acceptors (Lipinski definition) is 7. The molecule has 164 valence electrons. The zero-order valence-electron chi connectivity index (χ0n) is 17.0. The highest BCUT2D eigenvalue weighted by atomic mass is 19.1. The second kappa shape index (κ2) is 8.91. The quantitative estimate of drug-likeness (QED) is 0.427. The van der Waals surface area contributed by atoms with E-state index in [1.807, 2.05) is 0 Å². The molecule has 8 nitrogen and oxygen atoms in total. The Balaban J connectivity index is 1.74. The first-order chi connectivity index (χ1) is 15.0. The lowest BCUT2D eigenvalue weighted by Crippen LogP contribution is -2.42. The molecule has 1 aromatic heterocycles. The number of aliphatic hydroxyl groups excluding tert-OH is 1. The fourth-order valence-corrected chi connectivity index (χ4v) is 3.94. The Bertz CT molecular complexity index is 997. The van der Waals surface area contributed by atoms with Crippen LogP contribution in [0.4, 0.5) is 4.39 Å².